The highest BCUT2D eigenvalue weighted by Crippen LogP contribution is 2.45. The zero-order valence-corrected chi connectivity index (χ0v) is 67.3. The molecule has 0 aromatic rings. The zero-order chi connectivity index (χ0) is 80.1. The Morgan fingerprint density at radius 3 is 1.94 bits per heavy atom. The lowest BCUT2D eigenvalue weighted by atomic mass is 9.73. The van der Waals surface area contributed by atoms with Crippen molar-refractivity contribution >= 4 is 70.9 Å². The Morgan fingerprint density at radius 1 is 0.679 bits per heavy atom. The molecule has 1 spiro atoms. The van der Waals surface area contributed by atoms with Crippen molar-refractivity contribution < 1.29 is 84.9 Å². The van der Waals surface area contributed by atoms with Crippen LogP contribution in [-0.2, 0) is 71.7 Å². The van der Waals surface area contributed by atoms with E-state index in [1.165, 1.54) is 108 Å². The van der Waals surface area contributed by atoms with Crippen LogP contribution in [0, 0.1) is 35.5 Å². The lowest BCUT2D eigenvalue weighted by Crippen LogP contribution is -2.68. The summed E-state index contributed by atoms with van der Waals surface area (Å²) in [6.45, 7) is 8.35. The average Bonchev–Trinajstić information content (AvgIpc) is 1.74. The molecule has 0 radical (unpaired) electrons. The largest absolute Gasteiger partial charge is 0.394 e. The van der Waals surface area contributed by atoms with Crippen molar-refractivity contribution in [2.45, 2.75) is 273 Å². The molecule has 5 saturated carbocycles. The summed E-state index contributed by atoms with van der Waals surface area (Å²) in [5, 5.41) is 5.86. The number of rotatable bonds is 17. The molecule has 7 fully saturated rings. The van der Waals surface area contributed by atoms with Crippen molar-refractivity contribution in [3.63, 3.8) is 0 Å². The van der Waals surface area contributed by atoms with Gasteiger partial charge in [0.2, 0.25) is 70.9 Å². The molecule has 2 saturated heterocycles. The van der Waals surface area contributed by atoms with Crippen LogP contribution in [0.1, 0.15) is 195 Å². The summed E-state index contributed by atoms with van der Waals surface area (Å²) in [5.41, 5.74) is -1.55. The maximum atomic E-state index is 15.8. The van der Waals surface area contributed by atoms with Gasteiger partial charge in [-0.05, 0) is 139 Å². The summed E-state index contributed by atoms with van der Waals surface area (Å²) >= 11 is 0. The number of nitrogens with one attached hydrogen (secondary N) is 2. The maximum Gasteiger partial charge on any atom is 0.394 e. The highest BCUT2D eigenvalue weighted by molar-refractivity contribution is 6.01. The van der Waals surface area contributed by atoms with E-state index in [1.54, 1.807) is 13.8 Å². The van der Waals surface area contributed by atoms with E-state index in [0.29, 0.717) is 57.3 Å². The maximum absolute atomic E-state index is 15.8. The molecule has 12 amide bonds. The number of amides is 12. The lowest BCUT2D eigenvalue weighted by molar-refractivity contribution is -0.215. The number of likely N-dealkylation sites (N-methyl/N-ethyl adjacent to an activating group) is 7. The number of hydrogen-bond acceptors (Lipinski definition) is 15. The summed E-state index contributed by atoms with van der Waals surface area (Å²) < 4.78 is 60.7. The summed E-state index contributed by atoms with van der Waals surface area (Å²) in [5.74, 6) is -10.3. The molecule has 3 heterocycles. The van der Waals surface area contributed by atoms with E-state index in [4.69, 9.17) is 14.2 Å². The second-order valence-electron chi connectivity index (χ2n) is 33.0. The standard InChI is InChI=1S/C79H127F3N12O15/c1-15-40-108-48-62-69(98)84-67(50(5)16-2)75(104)93(54-33-34-54)47-66(97)87(9)58-26-19-18-22-39-92(74(58)103)60(41-51-29-27-49(4)28-30-51)72(101)86(8)46-64(95)83-57(36-32-52-31-35-56(79(80,81)82)63(42-52)107-14)70(99)94-45-55(109-17-3)43-61(94)73(102)91(13)78(37-23-38-78)77(106)90(12)68(53-24-20-21-25-53)76(105)89(11)59(71(100)85(6)7)44-65(96)88(62)10/h18-19,49-63,67-68H,15-17,20-48H2,1-14H3,(H,83,95)(H,84,98)/b19-18-/t49?,50-,51?,52?,55+,56?,57-,58-,59-,60-,61-,62-,63?,67-,68-/m0/s1. The normalized spacial score (nSPS) is 31.7. The molecule has 27 nitrogen and oxygen atoms in total. The molecule has 614 valence electrons. The van der Waals surface area contributed by atoms with Crippen LogP contribution in [0.3, 0.4) is 0 Å². The molecule has 0 aromatic carbocycles. The number of carbonyl (C=O) groups excluding carboxylic acids is 12. The van der Waals surface area contributed by atoms with Crippen LogP contribution < -0.4 is 10.6 Å². The molecule has 2 N–H and O–H groups in total. The van der Waals surface area contributed by atoms with Gasteiger partial charge in [0.05, 0.1) is 37.7 Å². The predicted molar refractivity (Wildman–Crippen MR) is 400 cm³/mol. The van der Waals surface area contributed by atoms with Gasteiger partial charge in [-0.25, -0.2) is 0 Å². The smallest absolute Gasteiger partial charge is 0.381 e. The minimum Gasteiger partial charge on any atom is -0.381 e. The second-order valence-corrected chi connectivity index (χ2v) is 33.0. The van der Waals surface area contributed by atoms with Crippen molar-refractivity contribution in [3.05, 3.63) is 12.2 Å². The van der Waals surface area contributed by atoms with Gasteiger partial charge in [0, 0.05) is 102 Å². The SMILES string of the molecule is CCCOC[C@H]1C(=O)N[C@@H]([C@@H](C)CC)C(=O)N(C2CC2)CC(=O)N(C)[C@H]2C/C=C\CCN(C2=O)[C@@H](CC2CCC(C)CC2)C(=O)N(C)CC(=O)N[C@@H](CCC2CCC(C(F)(F)F)C(OC)C2)C(=O)N2C[C@H](OCC)C[C@H]2C(=O)N(C)C2(CCC2)C(=O)N(C)[C@@H](C2CCCC2)C(=O)N(C)[C@H](C(=O)N(C)C)CC(=O)N1C. The second kappa shape index (κ2) is 39.0. The number of halogens is 3. The third-order valence-electron chi connectivity index (χ3n) is 25.4. The molecule has 8 rings (SSSR count). The number of nitrogens with zero attached hydrogens (tertiary/aromatic N) is 10. The van der Waals surface area contributed by atoms with E-state index in [1.807, 2.05) is 26.0 Å². The molecular formula is C79H127F3N12O15. The van der Waals surface area contributed by atoms with E-state index in [2.05, 4.69) is 17.6 Å². The highest BCUT2D eigenvalue weighted by atomic mass is 19.4. The third kappa shape index (κ3) is 21.0. The molecule has 13 atom stereocenters. The fraction of sp³-hybridized carbons (Fsp3) is 0.823. The summed E-state index contributed by atoms with van der Waals surface area (Å²) in [4.78, 5) is 197. The van der Waals surface area contributed by atoms with Crippen LogP contribution in [0.15, 0.2) is 12.2 Å². The first-order valence-corrected chi connectivity index (χ1v) is 40.4. The van der Waals surface area contributed by atoms with Gasteiger partial charge in [0.1, 0.15) is 60.4 Å². The topological polar surface area (TPSA) is 289 Å². The van der Waals surface area contributed by atoms with Gasteiger partial charge in [0.15, 0.2) is 0 Å². The van der Waals surface area contributed by atoms with Crippen LogP contribution in [0.25, 0.3) is 0 Å². The first-order valence-electron chi connectivity index (χ1n) is 40.4. The average molecular weight is 1540 g/mol. The number of hydrogen-bond donors (Lipinski definition) is 2. The first kappa shape index (κ1) is 87.6. The van der Waals surface area contributed by atoms with Crippen molar-refractivity contribution in [1.82, 2.24) is 59.6 Å². The Bertz CT molecular complexity index is 3230. The van der Waals surface area contributed by atoms with E-state index in [0.717, 1.165) is 43.4 Å². The van der Waals surface area contributed by atoms with Crippen molar-refractivity contribution in [3.8, 4) is 0 Å². The third-order valence-corrected chi connectivity index (χ3v) is 25.4. The summed E-state index contributed by atoms with van der Waals surface area (Å²) in [6.07, 6.45) is 5.97. The Morgan fingerprint density at radius 2 is 1.35 bits per heavy atom. The van der Waals surface area contributed by atoms with Crippen LogP contribution >= 0.6 is 0 Å². The van der Waals surface area contributed by atoms with E-state index >= 15 is 47.9 Å². The predicted octanol–water partition coefficient (Wildman–Crippen LogP) is 5.79. The van der Waals surface area contributed by atoms with Gasteiger partial charge < -0.3 is 73.8 Å². The minimum absolute atomic E-state index is 0.00662. The molecule has 5 aliphatic carbocycles. The molecular weight excluding hydrogens is 1410 g/mol. The lowest BCUT2D eigenvalue weighted by Gasteiger charge is -2.51. The first-order chi connectivity index (χ1) is 51.6. The van der Waals surface area contributed by atoms with Gasteiger partial charge in [-0.15, -0.1) is 0 Å². The molecule has 8 aliphatic rings. The minimum atomic E-state index is -4.52. The number of fused-ring (bicyclic) bond motifs is 3. The summed E-state index contributed by atoms with van der Waals surface area (Å²) in [7, 11) is 12.9. The van der Waals surface area contributed by atoms with Gasteiger partial charge >= 0.3 is 6.18 Å². The number of methoxy groups -OCH3 is 1. The van der Waals surface area contributed by atoms with Crippen molar-refractivity contribution in [1.29, 1.82) is 0 Å². The van der Waals surface area contributed by atoms with E-state index in [-0.39, 0.29) is 109 Å². The van der Waals surface area contributed by atoms with Crippen molar-refractivity contribution in [2.75, 3.05) is 109 Å². The van der Waals surface area contributed by atoms with Crippen LogP contribution in [0.2, 0.25) is 0 Å². The fourth-order valence-electron chi connectivity index (χ4n) is 17.8. The molecule has 0 aromatic heterocycles. The van der Waals surface area contributed by atoms with E-state index < -0.39 is 186 Å². The van der Waals surface area contributed by atoms with Crippen LogP contribution in [0.4, 0.5) is 13.2 Å². The van der Waals surface area contributed by atoms with Crippen molar-refractivity contribution in [2.24, 2.45) is 35.5 Å². The quantitative estimate of drug-likeness (QED) is 0.129. The van der Waals surface area contributed by atoms with Crippen LogP contribution in [-0.4, -0.2) is 308 Å². The Labute approximate surface area is 643 Å². The Balaban J connectivity index is 1.22. The number of carbonyl (C=O) groups is 12. The van der Waals surface area contributed by atoms with Gasteiger partial charge in [-0.1, -0.05) is 84.8 Å². The fourth-order valence-corrected chi connectivity index (χ4v) is 17.8. The molecule has 3 unspecified atom stereocenters. The molecule has 30 heteroatoms. The monoisotopic (exact) mass is 1540 g/mol. The Hall–Kier alpha value is -6.95. The molecule has 109 heavy (non-hydrogen) atoms. The number of ether oxygens (including phenoxy) is 3. The number of alkyl halides is 3. The Kier molecular flexibility index (Phi) is 31.4. The highest BCUT2D eigenvalue weighted by Gasteiger charge is 2.57. The van der Waals surface area contributed by atoms with Gasteiger partial charge in [-0.2, -0.15) is 13.2 Å². The molecule has 3 aliphatic heterocycles. The van der Waals surface area contributed by atoms with Crippen LogP contribution in [0.5, 0.6) is 0 Å². The zero-order valence-electron chi connectivity index (χ0n) is 67.3. The molecule has 2 bridgehead atoms. The van der Waals surface area contributed by atoms with E-state index in [9.17, 15) is 22.8 Å². The van der Waals surface area contributed by atoms with Gasteiger partial charge in [-0.3, -0.25) is 57.5 Å². The van der Waals surface area contributed by atoms with Gasteiger partial charge in [0.25, 0.3) is 0 Å². The summed E-state index contributed by atoms with van der Waals surface area (Å²) in [6, 6.07) is -10.7.